The second kappa shape index (κ2) is 5.35. The predicted octanol–water partition coefficient (Wildman–Crippen LogP) is 2.90. The molecule has 0 bridgehead atoms. The van der Waals surface area contributed by atoms with Gasteiger partial charge in [0.15, 0.2) is 0 Å². The minimum Gasteiger partial charge on any atom is -0.324 e. The van der Waals surface area contributed by atoms with Crippen molar-refractivity contribution in [1.29, 1.82) is 0 Å². The van der Waals surface area contributed by atoms with Gasteiger partial charge in [0.25, 0.3) is 5.24 Å². The third kappa shape index (κ3) is 3.38. The Bertz CT molecular complexity index is 406. The summed E-state index contributed by atoms with van der Waals surface area (Å²) in [6, 6.07) is 4.33. The van der Waals surface area contributed by atoms with Gasteiger partial charge in [-0.25, -0.2) is 0 Å². The fourth-order valence-electron chi connectivity index (χ4n) is 0.927. The van der Waals surface area contributed by atoms with Gasteiger partial charge in [-0.15, -0.1) is 11.6 Å². The molecular formula is C9H6Cl3NO2. The van der Waals surface area contributed by atoms with Gasteiger partial charge < -0.3 is 5.32 Å². The number of nitrogens with one attached hydrogen (secondary N) is 1. The van der Waals surface area contributed by atoms with Gasteiger partial charge in [0.05, 0.1) is 10.7 Å². The minimum atomic E-state index is -0.618. The van der Waals surface area contributed by atoms with E-state index >= 15 is 0 Å². The van der Waals surface area contributed by atoms with Crippen LogP contribution in [0.4, 0.5) is 5.69 Å². The zero-order valence-corrected chi connectivity index (χ0v) is 9.66. The Labute approximate surface area is 101 Å². The summed E-state index contributed by atoms with van der Waals surface area (Å²) in [6.07, 6.45) is 0. The van der Waals surface area contributed by atoms with E-state index in [1.165, 1.54) is 18.2 Å². The van der Waals surface area contributed by atoms with Gasteiger partial charge in [0, 0.05) is 5.56 Å². The summed E-state index contributed by atoms with van der Waals surface area (Å²) < 4.78 is 0. The molecule has 0 aliphatic carbocycles. The summed E-state index contributed by atoms with van der Waals surface area (Å²) in [5.41, 5.74) is 0.569. The number of benzene rings is 1. The first kappa shape index (κ1) is 12.3. The van der Waals surface area contributed by atoms with Gasteiger partial charge in [-0.05, 0) is 29.8 Å². The van der Waals surface area contributed by atoms with E-state index in [-0.39, 0.29) is 11.4 Å². The molecule has 0 spiro atoms. The fourth-order valence-corrected chi connectivity index (χ4v) is 1.28. The Morgan fingerprint density at radius 3 is 2.53 bits per heavy atom. The van der Waals surface area contributed by atoms with Crippen LogP contribution < -0.4 is 5.32 Å². The third-order valence-corrected chi connectivity index (χ3v) is 2.38. The lowest BCUT2D eigenvalue weighted by Gasteiger charge is -2.06. The lowest BCUT2D eigenvalue weighted by atomic mass is 10.2. The van der Waals surface area contributed by atoms with Crippen LogP contribution >= 0.6 is 34.8 Å². The SMILES string of the molecule is O=C(CCl)Nc1cc(C(=O)Cl)ccc1Cl. The Morgan fingerprint density at radius 2 is 2.00 bits per heavy atom. The number of hydrogen-bond acceptors (Lipinski definition) is 2. The van der Waals surface area contributed by atoms with Crippen molar-refractivity contribution in [3.63, 3.8) is 0 Å². The second-order valence-corrected chi connectivity index (χ2v) is 3.67. The maximum atomic E-state index is 11.0. The van der Waals surface area contributed by atoms with Crippen molar-refractivity contribution in [2.75, 3.05) is 11.2 Å². The molecule has 0 radical (unpaired) electrons. The molecule has 1 aromatic rings. The largest absolute Gasteiger partial charge is 0.324 e. The van der Waals surface area contributed by atoms with E-state index < -0.39 is 11.1 Å². The molecule has 0 aliphatic rings. The molecule has 0 aromatic heterocycles. The molecule has 0 saturated heterocycles. The smallest absolute Gasteiger partial charge is 0.252 e. The van der Waals surface area contributed by atoms with Crippen molar-refractivity contribution in [3.8, 4) is 0 Å². The van der Waals surface area contributed by atoms with Gasteiger partial charge >= 0.3 is 0 Å². The van der Waals surface area contributed by atoms with Crippen molar-refractivity contribution in [2.45, 2.75) is 0 Å². The number of amides is 1. The fraction of sp³-hybridized carbons (Fsp3) is 0.111. The average Bonchev–Trinajstić information content (AvgIpc) is 2.20. The first-order chi connectivity index (χ1) is 7.04. The highest BCUT2D eigenvalue weighted by Gasteiger charge is 2.08. The molecule has 1 amide bonds. The molecule has 1 aromatic carbocycles. The van der Waals surface area contributed by atoms with E-state index in [4.69, 9.17) is 34.8 Å². The van der Waals surface area contributed by atoms with Gasteiger partial charge in [-0.2, -0.15) is 0 Å². The topological polar surface area (TPSA) is 46.2 Å². The molecule has 15 heavy (non-hydrogen) atoms. The quantitative estimate of drug-likeness (QED) is 0.675. The van der Waals surface area contributed by atoms with Crippen molar-refractivity contribution in [1.82, 2.24) is 0 Å². The molecule has 0 unspecified atom stereocenters. The summed E-state index contributed by atoms with van der Waals surface area (Å²) >= 11 is 16.4. The van der Waals surface area contributed by atoms with E-state index in [2.05, 4.69) is 5.32 Å². The Hall–Kier alpha value is -0.770. The summed E-state index contributed by atoms with van der Waals surface area (Å²) in [4.78, 5) is 21.8. The predicted molar refractivity (Wildman–Crippen MR) is 61.0 cm³/mol. The van der Waals surface area contributed by atoms with Crippen LogP contribution in [0.2, 0.25) is 5.02 Å². The number of alkyl halides is 1. The highest BCUT2D eigenvalue weighted by Crippen LogP contribution is 2.23. The maximum Gasteiger partial charge on any atom is 0.252 e. The van der Waals surface area contributed by atoms with E-state index in [1.807, 2.05) is 0 Å². The highest BCUT2D eigenvalue weighted by molar-refractivity contribution is 6.67. The van der Waals surface area contributed by atoms with Crippen molar-refractivity contribution in [2.24, 2.45) is 0 Å². The first-order valence-electron chi connectivity index (χ1n) is 3.90. The molecule has 0 fully saturated rings. The summed E-state index contributed by atoms with van der Waals surface area (Å²) in [6.45, 7) is 0. The summed E-state index contributed by atoms with van der Waals surface area (Å²) in [5.74, 6) is -0.590. The molecule has 0 saturated carbocycles. The standard InChI is InChI=1S/C9H6Cl3NO2/c10-4-8(14)13-7-3-5(9(12)15)1-2-6(7)11/h1-3H,4H2,(H,13,14). The van der Waals surface area contributed by atoms with Crippen LogP contribution in [-0.2, 0) is 4.79 Å². The molecule has 0 aliphatic heterocycles. The molecule has 80 valence electrons. The van der Waals surface area contributed by atoms with Gasteiger partial charge in [-0.1, -0.05) is 11.6 Å². The molecule has 3 nitrogen and oxygen atoms in total. The van der Waals surface area contributed by atoms with E-state index in [0.717, 1.165) is 0 Å². The normalized spacial score (nSPS) is 9.80. The molecule has 6 heteroatoms. The number of hydrogen-bond donors (Lipinski definition) is 1. The monoisotopic (exact) mass is 265 g/mol. The van der Waals surface area contributed by atoms with Crippen molar-refractivity contribution in [3.05, 3.63) is 28.8 Å². The van der Waals surface area contributed by atoms with Crippen LogP contribution in [-0.4, -0.2) is 17.0 Å². The number of carbonyl (C=O) groups is 2. The average molecular weight is 267 g/mol. The Kier molecular flexibility index (Phi) is 4.39. The van der Waals surface area contributed by atoms with Crippen molar-refractivity contribution < 1.29 is 9.59 Å². The highest BCUT2D eigenvalue weighted by atomic mass is 35.5. The van der Waals surface area contributed by atoms with Gasteiger partial charge in [-0.3, -0.25) is 9.59 Å². The number of rotatable bonds is 3. The van der Waals surface area contributed by atoms with Crippen LogP contribution in [0, 0.1) is 0 Å². The number of anilines is 1. The van der Waals surface area contributed by atoms with Gasteiger partial charge in [0.2, 0.25) is 5.91 Å². The molecule has 0 heterocycles. The van der Waals surface area contributed by atoms with E-state index in [0.29, 0.717) is 10.7 Å². The Morgan fingerprint density at radius 1 is 1.33 bits per heavy atom. The molecular weight excluding hydrogens is 260 g/mol. The maximum absolute atomic E-state index is 11.0. The van der Waals surface area contributed by atoms with Crippen LogP contribution in [0.3, 0.4) is 0 Å². The zero-order chi connectivity index (χ0) is 11.4. The number of carbonyl (C=O) groups excluding carboxylic acids is 2. The minimum absolute atomic E-state index is 0.185. The van der Waals surface area contributed by atoms with Crippen LogP contribution in [0.25, 0.3) is 0 Å². The Balaban J connectivity index is 3.00. The van der Waals surface area contributed by atoms with E-state index in [1.54, 1.807) is 0 Å². The molecule has 0 atom stereocenters. The van der Waals surface area contributed by atoms with Crippen LogP contribution in [0.5, 0.6) is 0 Å². The molecule has 1 rings (SSSR count). The van der Waals surface area contributed by atoms with Crippen LogP contribution in [0.1, 0.15) is 10.4 Å². The first-order valence-corrected chi connectivity index (χ1v) is 5.19. The lowest BCUT2D eigenvalue weighted by molar-refractivity contribution is -0.113. The lowest BCUT2D eigenvalue weighted by Crippen LogP contribution is -2.13. The van der Waals surface area contributed by atoms with Crippen LogP contribution in [0.15, 0.2) is 18.2 Å². The third-order valence-electron chi connectivity index (χ3n) is 1.59. The summed E-state index contributed by atoms with van der Waals surface area (Å²) in [5, 5.41) is 2.14. The number of halogens is 3. The molecule has 1 N–H and O–H groups in total. The zero-order valence-electron chi connectivity index (χ0n) is 7.39. The second-order valence-electron chi connectivity index (χ2n) is 2.65. The summed E-state index contributed by atoms with van der Waals surface area (Å²) in [7, 11) is 0. The van der Waals surface area contributed by atoms with Crippen molar-refractivity contribution >= 4 is 51.6 Å². The van der Waals surface area contributed by atoms with Gasteiger partial charge in [0.1, 0.15) is 5.88 Å². The van der Waals surface area contributed by atoms with E-state index in [9.17, 15) is 9.59 Å².